The van der Waals surface area contributed by atoms with Crippen LogP contribution in [-0.4, -0.2) is 23.3 Å². The monoisotopic (exact) mass is 274 g/mol. The third-order valence-electron chi connectivity index (χ3n) is 2.32. The van der Waals surface area contributed by atoms with Gasteiger partial charge < -0.3 is 10.5 Å². The lowest BCUT2D eigenvalue weighted by atomic mass is 10.3. The van der Waals surface area contributed by atoms with Crippen molar-refractivity contribution in [1.82, 2.24) is 4.98 Å². The van der Waals surface area contributed by atoms with Gasteiger partial charge in [0.2, 0.25) is 0 Å². The molecule has 0 saturated heterocycles. The number of hydrogen-bond donors (Lipinski definition) is 1. The molecule has 4 nitrogen and oxygen atoms in total. The molecule has 0 bridgehead atoms. The van der Waals surface area contributed by atoms with Gasteiger partial charge in [-0.25, -0.2) is 9.78 Å². The minimum Gasteiger partial charge on any atom is -0.460 e. The summed E-state index contributed by atoms with van der Waals surface area (Å²) in [6.07, 6.45) is 1.44. The SMILES string of the molecule is Nc1ccc(C(=O)OCCSc2ccccc2)nc1. The summed E-state index contributed by atoms with van der Waals surface area (Å²) < 4.78 is 5.13. The number of pyridine rings is 1. The van der Waals surface area contributed by atoms with Crippen LogP contribution in [0.1, 0.15) is 10.5 Å². The van der Waals surface area contributed by atoms with E-state index in [0.717, 1.165) is 4.90 Å². The summed E-state index contributed by atoms with van der Waals surface area (Å²) in [4.78, 5) is 16.7. The number of carbonyl (C=O) groups is 1. The maximum Gasteiger partial charge on any atom is 0.356 e. The number of hydrogen-bond acceptors (Lipinski definition) is 5. The fourth-order valence-corrected chi connectivity index (χ4v) is 2.16. The first-order valence-corrected chi connectivity index (χ1v) is 6.81. The highest BCUT2D eigenvalue weighted by molar-refractivity contribution is 7.99. The quantitative estimate of drug-likeness (QED) is 0.516. The van der Waals surface area contributed by atoms with E-state index < -0.39 is 5.97 Å². The maximum atomic E-state index is 11.6. The van der Waals surface area contributed by atoms with Crippen LogP contribution >= 0.6 is 11.8 Å². The zero-order valence-corrected chi connectivity index (χ0v) is 11.1. The molecule has 1 aromatic heterocycles. The molecule has 0 aliphatic heterocycles. The number of rotatable bonds is 5. The fraction of sp³-hybridized carbons (Fsp3) is 0.143. The van der Waals surface area contributed by atoms with E-state index in [2.05, 4.69) is 4.98 Å². The number of anilines is 1. The van der Waals surface area contributed by atoms with Crippen LogP contribution < -0.4 is 5.73 Å². The Hall–Kier alpha value is -2.01. The maximum absolute atomic E-state index is 11.6. The van der Waals surface area contributed by atoms with E-state index in [1.165, 1.54) is 6.20 Å². The minimum absolute atomic E-state index is 0.277. The summed E-state index contributed by atoms with van der Waals surface area (Å²) in [5.74, 6) is 0.290. The molecule has 19 heavy (non-hydrogen) atoms. The number of ether oxygens (including phenoxy) is 1. The summed E-state index contributed by atoms with van der Waals surface area (Å²) in [6, 6.07) is 13.2. The average Bonchev–Trinajstić information content (AvgIpc) is 2.45. The third kappa shape index (κ3) is 4.30. The van der Waals surface area contributed by atoms with E-state index >= 15 is 0 Å². The molecule has 0 saturated carbocycles. The Kier molecular flexibility index (Phi) is 4.80. The molecular formula is C14H14N2O2S. The normalized spacial score (nSPS) is 10.1. The van der Waals surface area contributed by atoms with Gasteiger partial charge in [0.05, 0.1) is 11.9 Å². The number of nitrogen functional groups attached to an aromatic ring is 1. The first kappa shape index (κ1) is 13.4. The second-order valence-corrected chi connectivity index (χ2v) is 4.94. The van der Waals surface area contributed by atoms with Gasteiger partial charge in [0.1, 0.15) is 12.3 Å². The van der Waals surface area contributed by atoms with Crippen LogP contribution in [0.25, 0.3) is 0 Å². The zero-order chi connectivity index (χ0) is 13.5. The Morgan fingerprint density at radius 2 is 2.00 bits per heavy atom. The molecule has 1 aromatic carbocycles. The molecular weight excluding hydrogens is 260 g/mol. The van der Waals surface area contributed by atoms with Crippen molar-refractivity contribution in [2.24, 2.45) is 0 Å². The Balaban J connectivity index is 1.74. The van der Waals surface area contributed by atoms with Crippen molar-refractivity contribution in [3.8, 4) is 0 Å². The van der Waals surface area contributed by atoms with Crippen molar-refractivity contribution in [3.05, 3.63) is 54.4 Å². The molecule has 2 aromatic rings. The van der Waals surface area contributed by atoms with Crippen LogP contribution in [0.2, 0.25) is 0 Å². The topological polar surface area (TPSA) is 65.2 Å². The van der Waals surface area contributed by atoms with E-state index in [9.17, 15) is 4.79 Å². The molecule has 2 rings (SSSR count). The van der Waals surface area contributed by atoms with Gasteiger partial charge in [0, 0.05) is 10.6 Å². The van der Waals surface area contributed by atoms with Gasteiger partial charge in [-0.1, -0.05) is 18.2 Å². The third-order valence-corrected chi connectivity index (χ3v) is 3.30. The number of carbonyl (C=O) groups excluding carboxylic acids is 1. The van der Waals surface area contributed by atoms with Crippen LogP contribution in [0, 0.1) is 0 Å². The van der Waals surface area contributed by atoms with Crippen LogP contribution in [0.15, 0.2) is 53.6 Å². The van der Waals surface area contributed by atoms with Crippen molar-refractivity contribution < 1.29 is 9.53 Å². The summed E-state index contributed by atoms with van der Waals surface area (Å²) in [7, 11) is 0. The Bertz CT molecular complexity index is 529. The molecule has 0 aliphatic rings. The molecule has 98 valence electrons. The number of benzene rings is 1. The molecule has 1 heterocycles. The number of thioether (sulfide) groups is 1. The second kappa shape index (κ2) is 6.80. The fourth-order valence-electron chi connectivity index (χ4n) is 1.41. The lowest BCUT2D eigenvalue weighted by Crippen LogP contribution is -2.09. The van der Waals surface area contributed by atoms with Gasteiger partial charge in [-0.15, -0.1) is 11.8 Å². The summed E-state index contributed by atoms with van der Waals surface area (Å²) in [5.41, 5.74) is 6.30. The van der Waals surface area contributed by atoms with E-state index in [1.54, 1.807) is 23.9 Å². The number of nitrogens with two attached hydrogens (primary N) is 1. The lowest BCUT2D eigenvalue weighted by Gasteiger charge is -2.04. The Labute approximate surface area is 116 Å². The highest BCUT2D eigenvalue weighted by Crippen LogP contribution is 2.16. The van der Waals surface area contributed by atoms with Gasteiger partial charge in [0.25, 0.3) is 0 Å². The van der Waals surface area contributed by atoms with E-state index in [1.807, 2.05) is 30.3 Å². The molecule has 0 spiro atoms. The van der Waals surface area contributed by atoms with E-state index in [4.69, 9.17) is 10.5 Å². The summed E-state index contributed by atoms with van der Waals surface area (Å²) in [6.45, 7) is 0.352. The van der Waals surface area contributed by atoms with Crippen molar-refractivity contribution in [2.75, 3.05) is 18.1 Å². The summed E-state index contributed by atoms with van der Waals surface area (Å²) >= 11 is 1.64. The predicted octanol–water partition coefficient (Wildman–Crippen LogP) is 2.61. The highest BCUT2D eigenvalue weighted by Gasteiger charge is 2.07. The van der Waals surface area contributed by atoms with Gasteiger partial charge >= 0.3 is 5.97 Å². The van der Waals surface area contributed by atoms with E-state index in [-0.39, 0.29) is 5.69 Å². The molecule has 0 amide bonds. The molecule has 0 aliphatic carbocycles. The predicted molar refractivity (Wildman–Crippen MR) is 76.1 cm³/mol. The Morgan fingerprint density at radius 1 is 1.21 bits per heavy atom. The van der Waals surface area contributed by atoms with Crippen LogP contribution in [0.4, 0.5) is 5.69 Å². The highest BCUT2D eigenvalue weighted by atomic mass is 32.2. The standard InChI is InChI=1S/C14H14N2O2S/c15-11-6-7-13(16-10-11)14(17)18-8-9-19-12-4-2-1-3-5-12/h1-7,10H,8-9,15H2. The lowest BCUT2D eigenvalue weighted by molar-refractivity contribution is 0.0523. The first-order valence-electron chi connectivity index (χ1n) is 5.82. The largest absolute Gasteiger partial charge is 0.460 e. The van der Waals surface area contributed by atoms with Crippen molar-refractivity contribution >= 4 is 23.4 Å². The van der Waals surface area contributed by atoms with Crippen LogP contribution in [0.3, 0.4) is 0 Å². The molecule has 0 atom stereocenters. The molecule has 0 radical (unpaired) electrons. The average molecular weight is 274 g/mol. The number of nitrogens with zero attached hydrogens (tertiary/aromatic N) is 1. The Morgan fingerprint density at radius 3 is 2.68 bits per heavy atom. The van der Waals surface area contributed by atoms with Gasteiger partial charge in [-0.3, -0.25) is 0 Å². The smallest absolute Gasteiger partial charge is 0.356 e. The van der Waals surface area contributed by atoms with Crippen molar-refractivity contribution in [3.63, 3.8) is 0 Å². The van der Waals surface area contributed by atoms with Gasteiger partial charge in [0.15, 0.2) is 0 Å². The first-order chi connectivity index (χ1) is 9.25. The molecule has 2 N–H and O–H groups in total. The van der Waals surface area contributed by atoms with E-state index in [0.29, 0.717) is 18.0 Å². The number of aromatic nitrogens is 1. The minimum atomic E-state index is -0.423. The van der Waals surface area contributed by atoms with Crippen LogP contribution in [0.5, 0.6) is 0 Å². The molecule has 0 unspecified atom stereocenters. The second-order valence-electron chi connectivity index (χ2n) is 3.77. The van der Waals surface area contributed by atoms with Crippen molar-refractivity contribution in [1.29, 1.82) is 0 Å². The van der Waals surface area contributed by atoms with Gasteiger partial charge in [-0.2, -0.15) is 0 Å². The van der Waals surface area contributed by atoms with Crippen molar-refractivity contribution in [2.45, 2.75) is 4.90 Å². The number of esters is 1. The van der Waals surface area contributed by atoms with Crippen LogP contribution in [-0.2, 0) is 4.74 Å². The molecule has 0 fully saturated rings. The zero-order valence-electron chi connectivity index (χ0n) is 10.3. The van der Waals surface area contributed by atoms with Gasteiger partial charge in [-0.05, 0) is 24.3 Å². The molecule has 5 heteroatoms. The summed E-state index contributed by atoms with van der Waals surface area (Å²) in [5, 5.41) is 0.